The molecular weight excluding hydrogens is 541 g/mol. The Morgan fingerprint density at radius 1 is 0.467 bits per heavy atom. The summed E-state index contributed by atoms with van der Waals surface area (Å²) in [5.74, 6) is 0. The van der Waals surface area contributed by atoms with Gasteiger partial charge in [-0.2, -0.15) is 22.7 Å². The number of rotatable bonds is 14. The lowest BCUT2D eigenvalue weighted by molar-refractivity contribution is -0.644. The number of pyridine rings is 1. The third kappa shape index (κ3) is 9.67. The average Bonchev–Trinajstić information content (AvgIpc) is 3.06. The van der Waals surface area contributed by atoms with Crippen LogP contribution in [0.15, 0.2) is 115 Å². The summed E-state index contributed by atoms with van der Waals surface area (Å²) in [4.78, 5) is 0. The molecule has 45 heavy (non-hydrogen) atoms. The molecule has 0 aliphatic heterocycles. The molecule has 0 bridgehead atoms. The average molecular weight is 598 g/mol. The van der Waals surface area contributed by atoms with E-state index >= 15 is 0 Å². The number of para-hydroxylation sites is 1. The summed E-state index contributed by atoms with van der Waals surface area (Å²) in [6.07, 6.45) is 16.1. The molecular formula is C43H56BN. The molecule has 0 spiro atoms. The Hall–Kier alpha value is -3.65. The molecule has 0 aliphatic carbocycles. The van der Waals surface area contributed by atoms with E-state index in [0.717, 1.165) is 0 Å². The van der Waals surface area contributed by atoms with Crippen LogP contribution in [0.5, 0.6) is 0 Å². The van der Waals surface area contributed by atoms with Crippen molar-refractivity contribution in [2.75, 3.05) is 0 Å². The fourth-order valence-electron chi connectivity index (χ4n) is 7.01. The Morgan fingerprint density at radius 3 is 1.31 bits per heavy atom. The van der Waals surface area contributed by atoms with Crippen molar-refractivity contribution < 1.29 is 4.57 Å². The Balaban J connectivity index is 0.000000348. The molecule has 0 amide bonds. The maximum Gasteiger partial charge on any atom is 0.212 e. The molecule has 1 heterocycles. The number of unbranched alkanes of at least 4 members (excludes halogenated alkanes) is 9. The van der Waals surface area contributed by atoms with Crippen molar-refractivity contribution in [3.05, 3.63) is 132 Å². The van der Waals surface area contributed by atoms with Crippen LogP contribution in [-0.4, -0.2) is 6.15 Å². The van der Waals surface area contributed by atoms with Crippen molar-refractivity contribution in [1.29, 1.82) is 0 Å². The molecule has 0 saturated heterocycles. The predicted molar refractivity (Wildman–Crippen MR) is 200 cm³/mol. The topological polar surface area (TPSA) is 3.88 Å². The first kappa shape index (κ1) is 34.2. The van der Waals surface area contributed by atoms with Gasteiger partial charge in [0.15, 0.2) is 6.20 Å². The second-order valence-corrected chi connectivity index (χ2v) is 13.4. The molecule has 1 aromatic heterocycles. The van der Waals surface area contributed by atoms with Crippen LogP contribution in [0.4, 0.5) is 0 Å². The van der Waals surface area contributed by atoms with E-state index in [4.69, 9.17) is 0 Å². The second-order valence-electron chi connectivity index (χ2n) is 13.4. The van der Waals surface area contributed by atoms with E-state index in [1.807, 2.05) is 0 Å². The lowest BCUT2D eigenvalue weighted by Crippen LogP contribution is -2.67. The number of hydrogen-bond acceptors (Lipinski definition) is 0. The number of hydrogen-bond donors (Lipinski definition) is 0. The lowest BCUT2D eigenvalue weighted by atomic mass is 9.14. The minimum Gasteiger partial charge on any atom is -0.201 e. The van der Waals surface area contributed by atoms with Crippen LogP contribution in [0.2, 0.25) is 6.32 Å². The number of aromatic nitrogens is 1. The highest BCUT2D eigenvalue weighted by Gasteiger charge is 2.29. The van der Waals surface area contributed by atoms with Crippen molar-refractivity contribution in [2.24, 2.45) is 7.05 Å². The summed E-state index contributed by atoms with van der Waals surface area (Å²) in [5, 5.41) is 1.29. The minimum absolute atomic E-state index is 0.993. The smallest absolute Gasteiger partial charge is 0.201 e. The Morgan fingerprint density at radius 2 is 0.867 bits per heavy atom. The standard InChI is InChI=1S/C33H46B.C10H10N/c1-5-6-7-8-9-10-11-12-13-14-27-34(31-21-15-28(2)16-22-31,32-23-17-29(3)18-24-32)33-25-19-30(4)20-26-33;1-11-8-4-6-9-5-2-3-7-10(9)11/h15-26H,5-14,27H2,1-4H3;2-8H,1H3/q-1;+1. The molecule has 236 valence electrons. The maximum absolute atomic E-state index is 2.39. The van der Waals surface area contributed by atoms with Crippen molar-refractivity contribution >= 4 is 33.4 Å². The number of benzene rings is 4. The first-order chi connectivity index (χ1) is 21.9. The van der Waals surface area contributed by atoms with Crippen LogP contribution in [0, 0.1) is 20.8 Å². The molecule has 2 heteroatoms. The lowest BCUT2D eigenvalue weighted by Gasteiger charge is -2.43. The SMILES string of the molecule is CCCCCCCCCCCC[B-](c1ccc(C)cc1)(c1ccc(C)cc1)c1ccc(C)cc1.C[n+]1cccc2ccccc21. The van der Waals surface area contributed by atoms with Crippen LogP contribution < -0.4 is 21.0 Å². The van der Waals surface area contributed by atoms with E-state index in [1.165, 1.54) is 115 Å². The summed E-state index contributed by atoms with van der Waals surface area (Å²) < 4.78 is 2.12. The third-order valence-electron chi connectivity index (χ3n) is 9.83. The summed E-state index contributed by atoms with van der Waals surface area (Å²) >= 11 is 0. The van der Waals surface area contributed by atoms with E-state index in [0.29, 0.717) is 0 Å². The highest BCUT2D eigenvalue weighted by atomic mass is 14.9. The number of nitrogens with zero attached hydrogens (tertiary/aromatic N) is 1. The Kier molecular flexibility index (Phi) is 13.5. The van der Waals surface area contributed by atoms with E-state index in [-0.39, 0.29) is 0 Å². The van der Waals surface area contributed by atoms with Gasteiger partial charge in [-0.15, -0.1) is 0 Å². The maximum atomic E-state index is 2.39. The van der Waals surface area contributed by atoms with Crippen LogP contribution in [0.1, 0.15) is 87.8 Å². The van der Waals surface area contributed by atoms with Crippen molar-refractivity contribution in [1.82, 2.24) is 0 Å². The molecule has 1 nitrogen and oxygen atoms in total. The van der Waals surface area contributed by atoms with Crippen LogP contribution in [-0.2, 0) is 7.05 Å². The fourth-order valence-corrected chi connectivity index (χ4v) is 7.01. The van der Waals surface area contributed by atoms with Crippen molar-refractivity contribution in [3.8, 4) is 0 Å². The molecule has 0 atom stereocenters. The molecule has 0 saturated carbocycles. The molecule has 5 rings (SSSR count). The predicted octanol–water partition coefficient (Wildman–Crippen LogP) is 9.67. The summed E-state index contributed by atoms with van der Waals surface area (Å²) in [7, 11) is 2.06. The molecule has 0 fully saturated rings. The first-order valence-corrected chi connectivity index (χ1v) is 17.7. The van der Waals surface area contributed by atoms with Crippen molar-refractivity contribution in [3.63, 3.8) is 0 Å². The van der Waals surface area contributed by atoms with Gasteiger partial charge in [0, 0.05) is 17.5 Å². The Labute approximate surface area is 274 Å². The largest absolute Gasteiger partial charge is 0.212 e. The van der Waals surface area contributed by atoms with Gasteiger partial charge in [0.25, 0.3) is 0 Å². The van der Waals surface area contributed by atoms with Gasteiger partial charge in [-0.05, 0) is 32.9 Å². The minimum atomic E-state index is -0.993. The van der Waals surface area contributed by atoms with E-state index in [2.05, 4.69) is 155 Å². The first-order valence-electron chi connectivity index (χ1n) is 17.7. The molecule has 4 aromatic carbocycles. The zero-order chi connectivity index (χ0) is 31.9. The number of fused-ring (bicyclic) bond motifs is 1. The van der Waals surface area contributed by atoms with Gasteiger partial charge in [-0.25, -0.2) is 4.57 Å². The Bertz CT molecular complexity index is 1440. The van der Waals surface area contributed by atoms with E-state index in [1.54, 1.807) is 0 Å². The van der Waals surface area contributed by atoms with Crippen LogP contribution >= 0.6 is 0 Å². The highest BCUT2D eigenvalue weighted by Crippen LogP contribution is 2.20. The molecule has 0 unspecified atom stereocenters. The van der Waals surface area contributed by atoms with Gasteiger partial charge < -0.3 is 0 Å². The van der Waals surface area contributed by atoms with Gasteiger partial charge >= 0.3 is 0 Å². The summed E-state index contributed by atoms with van der Waals surface area (Å²) in [5.41, 5.74) is 9.72. The molecule has 0 N–H and O–H groups in total. The van der Waals surface area contributed by atoms with Crippen molar-refractivity contribution in [2.45, 2.75) is 98.2 Å². The van der Waals surface area contributed by atoms with Crippen LogP contribution in [0.3, 0.4) is 0 Å². The highest BCUT2D eigenvalue weighted by molar-refractivity contribution is 7.11. The van der Waals surface area contributed by atoms with Gasteiger partial charge in [-0.3, -0.25) is 0 Å². The normalized spacial score (nSPS) is 11.3. The van der Waals surface area contributed by atoms with E-state index < -0.39 is 6.15 Å². The second kappa shape index (κ2) is 17.7. The fraction of sp³-hybridized carbons (Fsp3) is 0.372. The summed E-state index contributed by atoms with van der Waals surface area (Å²) in [6, 6.07) is 40.7. The monoisotopic (exact) mass is 597 g/mol. The molecule has 0 radical (unpaired) electrons. The molecule has 0 aliphatic rings. The van der Waals surface area contributed by atoms with Gasteiger partial charge in [0.2, 0.25) is 5.52 Å². The quantitative estimate of drug-likeness (QED) is 0.0682. The molecule has 5 aromatic rings. The van der Waals surface area contributed by atoms with E-state index in [9.17, 15) is 0 Å². The number of aryl methyl sites for hydroxylation is 4. The van der Waals surface area contributed by atoms with Gasteiger partial charge in [0.05, 0.1) is 6.15 Å². The van der Waals surface area contributed by atoms with Gasteiger partial charge in [-0.1, -0.05) is 173 Å². The zero-order valence-electron chi connectivity index (χ0n) is 28.8. The van der Waals surface area contributed by atoms with Gasteiger partial charge in [0.1, 0.15) is 7.05 Å². The van der Waals surface area contributed by atoms with Crippen LogP contribution in [0.25, 0.3) is 10.9 Å². The summed E-state index contributed by atoms with van der Waals surface area (Å²) in [6.45, 7) is 8.88. The zero-order valence-corrected chi connectivity index (χ0v) is 28.8. The third-order valence-corrected chi connectivity index (χ3v) is 9.83.